The average molecular weight is 189 g/mol. The Hall–Kier alpha value is -1.24. The zero-order valence-corrected chi connectivity index (χ0v) is 9.14. The molecule has 1 aromatic carbocycles. The highest BCUT2D eigenvalue weighted by atomic mass is 14.6. The number of rotatable bonds is 4. The Bertz CT molecular complexity index is 326. The second kappa shape index (κ2) is 4.85. The lowest BCUT2D eigenvalue weighted by Gasteiger charge is -2.10. The standard InChI is InChI=1S/C13H19N/c1-4-5-7-10(2)12-9-6-8-11(3)13(12)14/h6,8-9H,2,4-5,7,14H2,1,3H3. The molecule has 0 fully saturated rings. The number of allylic oxidation sites excluding steroid dienone is 1. The molecule has 0 bridgehead atoms. The largest absolute Gasteiger partial charge is 0.398 e. The summed E-state index contributed by atoms with van der Waals surface area (Å²) < 4.78 is 0. The Morgan fingerprint density at radius 2 is 2.14 bits per heavy atom. The quantitative estimate of drug-likeness (QED) is 0.717. The summed E-state index contributed by atoms with van der Waals surface area (Å²) in [5, 5.41) is 0. The van der Waals surface area contributed by atoms with E-state index in [1.54, 1.807) is 0 Å². The minimum atomic E-state index is 0.883. The molecule has 0 spiro atoms. The molecule has 76 valence electrons. The molecule has 1 heteroatoms. The van der Waals surface area contributed by atoms with E-state index in [2.05, 4.69) is 19.6 Å². The molecule has 0 aliphatic rings. The zero-order valence-electron chi connectivity index (χ0n) is 9.14. The highest BCUT2D eigenvalue weighted by Gasteiger charge is 2.04. The second-order valence-corrected chi connectivity index (χ2v) is 3.74. The summed E-state index contributed by atoms with van der Waals surface area (Å²) in [7, 11) is 0. The van der Waals surface area contributed by atoms with Crippen molar-refractivity contribution in [1.82, 2.24) is 0 Å². The van der Waals surface area contributed by atoms with Crippen LogP contribution in [0.2, 0.25) is 0 Å². The van der Waals surface area contributed by atoms with Gasteiger partial charge in [-0.2, -0.15) is 0 Å². The fourth-order valence-corrected chi connectivity index (χ4v) is 1.51. The van der Waals surface area contributed by atoms with Gasteiger partial charge in [-0.25, -0.2) is 0 Å². The zero-order chi connectivity index (χ0) is 10.6. The predicted molar refractivity (Wildman–Crippen MR) is 64.2 cm³/mol. The van der Waals surface area contributed by atoms with E-state index in [0.717, 1.165) is 28.8 Å². The fourth-order valence-electron chi connectivity index (χ4n) is 1.51. The second-order valence-electron chi connectivity index (χ2n) is 3.74. The smallest absolute Gasteiger partial charge is 0.0419 e. The number of para-hydroxylation sites is 1. The van der Waals surface area contributed by atoms with Crippen molar-refractivity contribution in [3.8, 4) is 0 Å². The molecule has 0 unspecified atom stereocenters. The fraction of sp³-hybridized carbons (Fsp3) is 0.385. The van der Waals surface area contributed by atoms with Gasteiger partial charge in [-0.15, -0.1) is 0 Å². The van der Waals surface area contributed by atoms with Crippen LogP contribution in [0.25, 0.3) is 5.57 Å². The molecule has 2 N–H and O–H groups in total. The first kappa shape index (κ1) is 10.8. The van der Waals surface area contributed by atoms with E-state index in [1.807, 2.05) is 19.1 Å². The number of aryl methyl sites for hydroxylation is 1. The van der Waals surface area contributed by atoms with Gasteiger partial charge in [0.15, 0.2) is 0 Å². The third kappa shape index (κ3) is 2.38. The number of hydrogen-bond donors (Lipinski definition) is 1. The van der Waals surface area contributed by atoms with Gasteiger partial charge in [-0.05, 0) is 30.9 Å². The van der Waals surface area contributed by atoms with Crippen LogP contribution in [0.15, 0.2) is 24.8 Å². The first-order valence-corrected chi connectivity index (χ1v) is 5.20. The maximum Gasteiger partial charge on any atom is 0.0419 e. The summed E-state index contributed by atoms with van der Waals surface area (Å²) >= 11 is 0. The van der Waals surface area contributed by atoms with Crippen LogP contribution in [0.5, 0.6) is 0 Å². The molecule has 1 aromatic rings. The molecule has 0 heterocycles. The van der Waals surface area contributed by atoms with Gasteiger partial charge in [0.25, 0.3) is 0 Å². The molecule has 0 atom stereocenters. The monoisotopic (exact) mass is 189 g/mol. The summed E-state index contributed by atoms with van der Waals surface area (Å²) in [4.78, 5) is 0. The molecular weight excluding hydrogens is 170 g/mol. The summed E-state index contributed by atoms with van der Waals surface area (Å²) in [6, 6.07) is 6.13. The first-order chi connectivity index (χ1) is 6.66. The van der Waals surface area contributed by atoms with Crippen molar-refractivity contribution in [2.75, 3.05) is 5.73 Å². The topological polar surface area (TPSA) is 26.0 Å². The Labute approximate surface area is 86.6 Å². The van der Waals surface area contributed by atoms with Crippen LogP contribution in [-0.4, -0.2) is 0 Å². The molecule has 0 aromatic heterocycles. The normalized spacial score (nSPS) is 10.1. The molecule has 0 aliphatic carbocycles. The van der Waals surface area contributed by atoms with E-state index in [4.69, 9.17) is 5.73 Å². The molecular formula is C13H19N. The van der Waals surface area contributed by atoms with Crippen molar-refractivity contribution in [1.29, 1.82) is 0 Å². The summed E-state index contributed by atoms with van der Waals surface area (Å²) in [5.41, 5.74) is 10.3. The number of nitrogens with two attached hydrogens (primary N) is 1. The van der Waals surface area contributed by atoms with Crippen LogP contribution in [0.1, 0.15) is 37.3 Å². The van der Waals surface area contributed by atoms with Crippen LogP contribution < -0.4 is 5.73 Å². The van der Waals surface area contributed by atoms with Crippen molar-refractivity contribution < 1.29 is 0 Å². The molecule has 0 saturated heterocycles. The SMILES string of the molecule is C=C(CCCC)c1cccc(C)c1N. The Balaban J connectivity index is 2.84. The molecule has 1 nitrogen and oxygen atoms in total. The maximum absolute atomic E-state index is 5.99. The Kier molecular flexibility index (Phi) is 3.75. The molecule has 1 rings (SSSR count). The van der Waals surface area contributed by atoms with Crippen LogP contribution >= 0.6 is 0 Å². The van der Waals surface area contributed by atoms with Crippen LogP contribution in [0.3, 0.4) is 0 Å². The van der Waals surface area contributed by atoms with E-state index < -0.39 is 0 Å². The Morgan fingerprint density at radius 1 is 1.43 bits per heavy atom. The van der Waals surface area contributed by atoms with Crippen molar-refractivity contribution >= 4 is 11.3 Å². The number of anilines is 1. The van der Waals surface area contributed by atoms with Gasteiger partial charge in [0.05, 0.1) is 0 Å². The van der Waals surface area contributed by atoms with Gasteiger partial charge >= 0.3 is 0 Å². The van der Waals surface area contributed by atoms with Gasteiger partial charge in [0.1, 0.15) is 0 Å². The van der Waals surface area contributed by atoms with Gasteiger partial charge in [0, 0.05) is 11.3 Å². The van der Waals surface area contributed by atoms with E-state index in [0.29, 0.717) is 0 Å². The van der Waals surface area contributed by atoms with Gasteiger partial charge in [0.2, 0.25) is 0 Å². The van der Waals surface area contributed by atoms with Crippen molar-refractivity contribution in [2.45, 2.75) is 33.1 Å². The van der Waals surface area contributed by atoms with Gasteiger partial charge in [-0.3, -0.25) is 0 Å². The molecule has 0 aliphatic heterocycles. The minimum Gasteiger partial charge on any atom is -0.398 e. The number of benzene rings is 1. The maximum atomic E-state index is 5.99. The summed E-state index contributed by atoms with van der Waals surface area (Å²) in [6.07, 6.45) is 3.43. The molecule has 0 radical (unpaired) electrons. The summed E-state index contributed by atoms with van der Waals surface area (Å²) in [6.45, 7) is 8.31. The number of hydrogen-bond acceptors (Lipinski definition) is 1. The highest BCUT2D eigenvalue weighted by molar-refractivity contribution is 5.75. The van der Waals surface area contributed by atoms with Gasteiger partial charge in [-0.1, -0.05) is 38.1 Å². The number of unbranched alkanes of at least 4 members (excludes halogenated alkanes) is 1. The lowest BCUT2D eigenvalue weighted by molar-refractivity contribution is 0.825. The lowest BCUT2D eigenvalue weighted by Crippen LogP contribution is -1.96. The van der Waals surface area contributed by atoms with E-state index in [9.17, 15) is 0 Å². The van der Waals surface area contributed by atoms with E-state index >= 15 is 0 Å². The summed E-state index contributed by atoms with van der Waals surface area (Å²) in [5.74, 6) is 0. The highest BCUT2D eigenvalue weighted by Crippen LogP contribution is 2.26. The number of nitrogen functional groups attached to an aromatic ring is 1. The molecule has 0 amide bonds. The van der Waals surface area contributed by atoms with Crippen molar-refractivity contribution in [3.63, 3.8) is 0 Å². The van der Waals surface area contributed by atoms with Crippen molar-refractivity contribution in [2.24, 2.45) is 0 Å². The van der Waals surface area contributed by atoms with Crippen LogP contribution in [0.4, 0.5) is 5.69 Å². The van der Waals surface area contributed by atoms with Crippen LogP contribution in [-0.2, 0) is 0 Å². The predicted octanol–water partition coefficient (Wildman–Crippen LogP) is 3.78. The third-order valence-electron chi connectivity index (χ3n) is 2.54. The van der Waals surface area contributed by atoms with Crippen LogP contribution in [0, 0.1) is 6.92 Å². The third-order valence-corrected chi connectivity index (χ3v) is 2.54. The van der Waals surface area contributed by atoms with E-state index in [1.165, 1.54) is 12.8 Å². The van der Waals surface area contributed by atoms with Crippen molar-refractivity contribution in [3.05, 3.63) is 35.9 Å². The minimum absolute atomic E-state index is 0.883. The first-order valence-electron chi connectivity index (χ1n) is 5.20. The molecule has 14 heavy (non-hydrogen) atoms. The average Bonchev–Trinajstić information content (AvgIpc) is 2.18. The van der Waals surface area contributed by atoms with E-state index in [-0.39, 0.29) is 0 Å². The lowest BCUT2D eigenvalue weighted by atomic mass is 9.98. The Morgan fingerprint density at radius 3 is 2.79 bits per heavy atom. The van der Waals surface area contributed by atoms with Gasteiger partial charge < -0.3 is 5.73 Å². The molecule has 0 saturated carbocycles.